The summed E-state index contributed by atoms with van der Waals surface area (Å²) in [6, 6.07) is 17.4. The van der Waals surface area contributed by atoms with Crippen molar-refractivity contribution in [1.82, 2.24) is 9.99 Å². The Labute approximate surface area is 180 Å². The number of nitro benzene ring substituents is 1. The highest BCUT2D eigenvalue weighted by molar-refractivity contribution is 5.84. The lowest BCUT2D eigenvalue weighted by atomic mass is 10.1. The fourth-order valence-corrected chi connectivity index (χ4v) is 3.38. The molecule has 0 aliphatic heterocycles. The zero-order valence-corrected chi connectivity index (χ0v) is 17.4. The molecule has 0 bridgehead atoms. The van der Waals surface area contributed by atoms with E-state index in [9.17, 15) is 20.0 Å². The number of carbonyl (C=O) groups is 1. The smallest absolute Gasteiger partial charge is 0.269 e. The number of aromatic nitrogens is 1. The van der Waals surface area contributed by atoms with Crippen molar-refractivity contribution in [1.29, 1.82) is 0 Å². The number of nitrogens with zero attached hydrogens (tertiary/aromatic N) is 3. The standard InChI is InChI=1S/C23H24N4O4/c1-16-14-19(17(2)26(16)20-8-10-21(11-9-20)27(30)31)15-24-25-23(29)13-12-22(28)18-6-4-3-5-7-18/h3-11,14-15,22,28H,12-13H2,1-2H3,(H,25,29)/b24-15-/t22-/m0/s1. The quantitative estimate of drug-likeness (QED) is 0.326. The van der Waals surface area contributed by atoms with Crippen molar-refractivity contribution >= 4 is 17.8 Å². The SMILES string of the molecule is Cc1cc(/C=N\NC(=O)CC[C@H](O)c2ccccc2)c(C)n1-c1ccc([N+](=O)[O-])cc1. The number of hydrogen-bond acceptors (Lipinski definition) is 5. The highest BCUT2D eigenvalue weighted by atomic mass is 16.6. The van der Waals surface area contributed by atoms with Gasteiger partial charge in [0.15, 0.2) is 0 Å². The van der Waals surface area contributed by atoms with Crippen molar-refractivity contribution in [3.63, 3.8) is 0 Å². The maximum absolute atomic E-state index is 12.0. The molecule has 0 spiro atoms. The summed E-state index contributed by atoms with van der Waals surface area (Å²) in [5.41, 5.74) is 6.75. The molecule has 0 saturated carbocycles. The first-order chi connectivity index (χ1) is 14.9. The van der Waals surface area contributed by atoms with E-state index < -0.39 is 11.0 Å². The van der Waals surface area contributed by atoms with E-state index in [0.29, 0.717) is 6.42 Å². The molecule has 8 nitrogen and oxygen atoms in total. The van der Waals surface area contributed by atoms with Gasteiger partial charge in [-0.3, -0.25) is 14.9 Å². The Morgan fingerprint density at radius 2 is 1.87 bits per heavy atom. The molecule has 2 N–H and O–H groups in total. The first-order valence-corrected chi connectivity index (χ1v) is 9.85. The van der Waals surface area contributed by atoms with Gasteiger partial charge in [0, 0.05) is 41.2 Å². The number of non-ortho nitro benzene ring substituents is 1. The summed E-state index contributed by atoms with van der Waals surface area (Å²) >= 11 is 0. The summed E-state index contributed by atoms with van der Waals surface area (Å²) in [7, 11) is 0. The third-order valence-corrected chi connectivity index (χ3v) is 5.01. The third kappa shape index (κ3) is 5.43. The van der Waals surface area contributed by atoms with Gasteiger partial charge in [-0.1, -0.05) is 30.3 Å². The van der Waals surface area contributed by atoms with Crippen molar-refractivity contribution in [2.75, 3.05) is 0 Å². The summed E-state index contributed by atoms with van der Waals surface area (Å²) in [6.45, 7) is 3.84. The number of hydrazone groups is 1. The number of aliphatic hydroxyl groups is 1. The Morgan fingerprint density at radius 3 is 2.52 bits per heavy atom. The maximum Gasteiger partial charge on any atom is 0.269 e. The van der Waals surface area contributed by atoms with Crippen molar-refractivity contribution in [2.45, 2.75) is 32.8 Å². The fourth-order valence-electron chi connectivity index (χ4n) is 3.38. The van der Waals surface area contributed by atoms with Crippen LogP contribution in [0, 0.1) is 24.0 Å². The molecule has 0 aliphatic rings. The minimum Gasteiger partial charge on any atom is -0.388 e. The van der Waals surface area contributed by atoms with E-state index in [1.807, 2.05) is 54.8 Å². The average molecular weight is 420 g/mol. The number of nitro groups is 1. The molecule has 2 aromatic carbocycles. The lowest BCUT2D eigenvalue weighted by Crippen LogP contribution is -2.18. The Morgan fingerprint density at radius 1 is 1.19 bits per heavy atom. The van der Waals surface area contributed by atoms with Gasteiger partial charge in [0.25, 0.3) is 5.69 Å². The zero-order valence-electron chi connectivity index (χ0n) is 17.4. The number of aliphatic hydroxyl groups excluding tert-OH is 1. The molecule has 0 aliphatic carbocycles. The van der Waals surface area contributed by atoms with Gasteiger partial charge in [0.1, 0.15) is 0 Å². The molecule has 3 rings (SSSR count). The van der Waals surface area contributed by atoms with Gasteiger partial charge in [-0.05, 0) is 44.0 Å². The van der Waals surface area contributed by atoms with Crippen LogP contribution in [0.25, 0.3) is 5.69 Å². The predicted molar refractivity (Wildman–Crippen MR) is 118 cm³/mol. The highest BCUT2D eigenvalue weighted by Gasteiger charge is 2.12. The molecule has 8 heteroatoms. The second-order valence-corrected chi connectivity index (χ2v) is 7.19. The summed E-state index contributed by atoms with van der Waals surface area (Å²) in [5.74, 6) is -0.282. The van der Waals surface area contributed by atoms with Gasteiger partial charge in [0.05, 0.1) is 17.2 Å². The van der Waals surface area contributed by atoms with Crippen LogP contribution >= 0.6 is 0 Å². The van der Waals surface area contributed by atoms with E-state index in [1.54, 1.807) is 18.3 Å². The van der Waals surface area contributed by atoms with Crippen molar-refractivity contribution in [2.24, 2.45) is 5.10 Å². The highest BCUT2D eigenvalue weighted by Crippen LogP contribution is 2.22. The molecule has 3 aromatic rings. The van der Waals surface area contributed by atoms with Crippen LogP contribution in [-0.2, 0) is 4.79 Å². The van der Waals surface area contributed by atoms with Crippen LogP contribution < -0.4 is 5.43 Å². The van der Waals surface area contributed by atoms with E-state index in [4.69, 9.17) is 0 Å². The second-order valence-electron chi connectivity index (χ2n) is 7.19. The third-order valence-electron chi connectivity index (χ3n) is 5.01. The number of carbonyl (C=O) groups excluding carboxylic acids is 1. The average Bonchev–Trinajstić information content (AvgIpc) is 3.05. The van der Waals surface area contributed by atoms with E-state index in [0.717, 1.165) is 28.2 Å². The van der Waals surface area contributed by atoms with Crippen LogP contribution in [0.1, 0.15) is 41.5 Å². The number of rotatable bonds is 8. The summed E-state index contributed by atoms with van der Waals surface area (Å²) in [6.07, 6.45) is 1.32. The van der Waals surface area contributed by atoms with Crippen LogP contribution in [0.5, 0.6) is 0 Å². The van der Waals surface area contributed by atoms with Crippen LogP contribution in [0.2, 0.25) is 0 Å². The van der Waals surface area contributed by atoms with Crippen LogP contribution in [-0.4, -0.2) is 26.7 Å². The van der Waals surface area contributed by atoms with Gasteiger partial charge in [0.2, 0.25) is 5.91 Å². The van der Waals surface area contributed by atoms with Crippen molar-refractivity contribution in [3.05, 3.63) is 93.3 Å². The van der Waals surface area contributed by atoms with Crippen molar-refractivity contribution in [3.8, 4) is 5.69 Å². The Hall–Kier alpha value is -3.78. The van der Waals surface area contributed by atoms with Gasteiger partial charge < -0.3 is 9.67 Å². The van der Waals surface area contributed by atoms with Crippen LogP contribution in [0.3, 0.4) is 0 Å². The van der Waals surface area contributed by atoms with E-state index in [1.165, 1.54) is 12.1 Å². The Kier molecular flexibility index (Phi) is 6.94. The molecule has 31 heavy (non-hydrogen) atoms. The molecule has 1 amide bonds. The summed E-state index contributed by atoms with van der Waals surface area (Å²) in [5, 5.41) is 25.0. The van der Waals surface area contributed by atoms with Gasteiger partial charge in [-0.15, -0.1) is 0 Å². The molecule has 160 valence electrons. The molecular formula is C23H24N4O4. The molecule has 1 heterocycles. The first kappa shape index (κ1) is 21.9. The lowest BCUT2D eigenvalue weighted by molar-refractivity contribution is -0.384. The normalized spacial score (nSPS) is 12.1. The van der Waals surface area contributed by atoms with Crippen LogP contribution in [0.4, 0.5) is 5.69 Å². The number of nitrogens with one attached hydrogen (secondary N) is 1. The second kappa shape index (κ2) is 9.82. The Bertz CT molecular complexity index is 1090. The summed E-state index contributed by atoms with van der Waals surface area (Å²) in [4.78, 5) is 22.5. The lowest BCUT2D eigenvalue weighted by Gasteiger charge is -2.10. The minimum absolute atomic E-state index is 0.0353. The van der Waals surface area contributed by atoms with E-state index in [-0.39, 0.29) is 18.0 Å². The number of amides is 1. The molecule has 0 saturated heterocycles. The molecule has 0 radical (unpaired) electrons. The van der Waals surface area contributed by atoms with Gasteiger partial charge >= 0.3 is 0 Å². The largest absolute Gasteiger partial charge is 0.388 e. The van der Waals surface area contributed by atoms with Crippen molar-refractivity contribution < 1.29 is 14.8 Å². The summed E-state index contributed by atoms with van der Waals surface area (Å²) < 4.78 is 1.96. The predicted octanol–water partition coefficient (Wildman–Crippen LogP) is 3.97. The minimum atomic E-state index is -0.698. The first-order valence-electron chi connectivity index (χ1n) is 9.85. The maximum atomic E-state index is 12.0. The number of hydrogen-bond donors (Lipinski definition) is 2. The van der Waals surface area contributed by atoms with Gasteiger partial charge in [-0.2, -0.15) is 5.10 Å². The monoisotopic (exact) mass is 420 g/mol. The number of aryl methyl sites for hydroxylation is 1. The zero-order chi connectivity index (χ0) is 22.4. The van der Waals surface area contributed by atoms with E-state index in [2.05, 4.69) is 10.5 Å². The molecule has 1 atom stereocenters. The molecule has 0 unspecified atom stereocenters. The molecule has 1 aromatic heterocycles. The number of benzene rings is 2. The van der Waals surface area contributed by atoms with Crippen LogP contribution in [0.15, 0.2) is 65.8 Å². The Balaban J connectivity index is 1.60. The fraction of sp³-hybridized carbons (Fsp3) is 0.217. The molecule has 0 fully saturated rings. The van der Waals surface area contributed by atoms with E-state index >= 15 is 0 Å². The van der Waals surface area contributed by atoms with Gasteiger partial charge in [-0.25, -0.2) is 5.43 Å². The topological polar surface area (TPSA) is 110 Å². The molecular weight excluding hydrogens is 396 g/mol.